The highest BCUT2D eigenvalue weighted by Gasteiger charge is 2.01. The van der Waals surface area contributed by atoms with Crippen molar-refractivity contribution in [3.05, 3.63) is 24.3 Å². The molecule has 0 N–H and O–H groups in total. The normalized spacial score (nSPS) is 9.20. The van der Waals surface area contributed by atoms with E-state index < -0.39 is 0 Å². The number of nitrogens with zero attached hydrogens (tertiary/aromatic N) is 2. The van der Waals surface area contributed by atoms with Gasteiger partial charge in [-0.2, -0.15) is 0 Å². The number of aromatic nitrogens is 2. The molecule has 0 aliphatic rings. The zero-order valence-corrected chi connectivity index (χ0v) is 7.44. The number of carbonyl (C=O) groups is 1. The zero-order chi connectivity index (χ0) is 7.40. The average Bonchev–Trinajstić information content (AvgIpc) is 2.05. The minimum Gasteiger partial charge on any atom is -0.525 e. The lowest BCUT2D eigenvalue weighted by Gasteiger charge is -1.95. The van der Waals surface area contributed by atoms with Gasteiger partial charge in [-0.1, -0.05) is 0 Å². The Labute approximate surface area is 60.8 Å². The van der Waals surface area contributed by atoms with E-state index >= 15 is 0 Å². The largest absolute Gasteiger partial charge is 0.525 e. The van der Waals surface area contributed by atoms with Gasteiger partial charge in [-0.25, -0.2) is 14.8 Å². The summed E-state index contributed by atoms with van der Waals surface area (Å²) in [5, 5.41) is 0. The SMILES string of the molecule is O=C(O[SiH3])c1cncnc1. The van der Waals surface area contributed by atoms with Crippen LogP contribution < -0.4 is 0 Å². The second kappa shape index (κ2) is 3.07. The molecule has 0 atom stereocenters. The second-order valence-corrected chi connectivity index (χ2v) is 2.03. The summed E-state index contributed by atoms with van der Waals surface area (Å²) in [6.45, 7) is 0. The Kier molecular flexibility index (Phi) is 2.11. The Hall–Kier alpha value is -1.23. The molecule has 4 nitrogen and oxygen atoms in total. The first-order valence-electron chi connectivity index (χ1n) is 2.68. The molecule has 52 valence electrons. The maximum atomic E-state index is 10.7. The lowest BCUT2D eigenvalue weighted by molar-refractivity contribution is 0.0748. The number of hydrogen-bond donors (Lipinski definition) is 0. The summed E-state index contributed by atoms with van der Waals surface area (Å²) < 4.78 is 4.56. The summed E-state index contributed by atoms with van der Waals surface area (Å²) in [7, 11) is 0.403. The smallest absolute Gasteiger partial charge is 0.327 e. The van der Waals surface area contributed by atoms with Crippen molar-refractivity contribution in [2.45, 2.75) is 0 Å². The third kappa shape index (κ3) is 1.38. The summed E-state index contributed by atoms with van der Waals surface area (Å²) in [5.41, 5.74) is 0.400. The van der Waals surface area contributed by atoms with Crippen molar-refractivity contribution in [2.24, 2.45) is 0 Å². The van der Waals surface area contributed by atoms with Gasteiger partial charge in [0.1, 0.15) is 6.33 Å². The molecule has 1 rings (SSSR count). The fourth-order valence-corrected chi connectivity index (χ4v) is 0.758. The zero-order valence-electron chi connectivity index (χ0n) is 5.44. The molecule has 0 spiro atoms. The first kappa shape index (κ1) is 6.88. The van der Waals surface area contributed by atoms with E-state index in [9.17, 15) is 4.79 Å². The van der Waals surface area contributed by atoms with Crippen LogP contribution in [0.15, 0.2) is 18.7 Å². The van der Waals surface area contributed by atoms with Crippen molar-refractivity contribution < 1.29 is 9.22 Å². The Bertz CT molecular complexity index is 226. The van der Waals surface area contributed by atoms with Gasteiger partial charge >= 0.3 is 5.97 Å². The van der Waals surface area contributed by atoms with Crippen molar-refractivity contribution in [3.8, 4) is 0 Å². The van der Waals surface area contributed by atoms with E-state index in [0.717, 1.165) is 0 Å². The van der Waals surface area contributed by atoms with Crippen LogP contribution in [0.1, 0.15) is 10.4 Å². The van der Waals surface area contributed by atoms with E-state index in [1.54, 1.807) is 0 Å². The molecule has 0 radical (unpaired) electrons. The summed E-state index contributed by atoms with van der Waals surface area (Å²) in [4.78, 5) is 18.1. The predicted molar refractivity (Wildman–Crippen MR) is 37.4 cm³/mol. The topological polar surface area (TPSA) is 52.1 Å². The Morgan fingerprint density at radius 1 is 1.50 bits per heavy atom. The van der Waals surface area contributed by atoms with Crippen LogP contribution in [0.3, 0.4) is 0 Å². The van der Waals surface area contributed by atoms with Crippen molar-refractivity contribution >= 4 is 16.5 Å². The third-order valence-electron chi connectivity index (χ3n) is 0.982. The lowest BCUT2D eigenvalue weighted by Crippen LogP contribution is -2.02. The first-order valence-corrected chi connectivity index (χ1v) is 3.49. The standard InChI is InChI=1S/C5H6N2O2Si/c8-5(9-10)4-1-6-3-7-2-4/h1-3H,10H3. The molecule has 0 aromatic carbocycles. The monoisotopic (exact) mass is 154 g/mol. The van der Waals surface area contributed by atoms with Crippen LogP contribution in [-0.4, -0.2) is 26.4 Å². The molecule has 0 saturated carbocycles. The number of rotatable bonds is 1. The summed E-state index contributed by atoms with van der Waals surface area (Å²) >= 11 is 0. The van der Waals surface area contributed by atoms with Crippen LogP contribution >= 0.6 is 0 Å². The highest BCUT2D eigenvalue weighted by atomic mass is 28.2. The van der Waals surface area contributed by atoms with E-state index in [2.05, 4.69) is 14.4 Å². The van der Waals surface area contributed by atoms with Gasteiger partial charge in [0.25, 0.3) is 0 Å². The molecule has 0 aliphatic heterocycles. The van der Waals surface area contributed by atoms with Crippen LogP contribution in [0.4, 0.5) is 0 Å². The first-order chi connectivity index (χ1) is 4.84. The maximum Gasteiger partial charge on any atom is 0.327 e. The highest BCUT2D eigenvalue weighted by molar-refractivity contribution is 6.09. The van der Waals surface area contributed by atoms with E-state index in [-0.39, 0.29) is 5.97 Å². The molecule has 1 aromatic rings. The Balaban J connectivity index is 2.85. The van der Waals surface area contributed by atoms with Gasteiger partial charge in [0.2, 0.25) is 10.5 Å². The van der Waals surface area contributed by atoms with Crippen molar-refractivity contribution in [3.63, 3.8) is 0 Å². The second-order valence-electron chi connectivity index (χ2n) is 1.62. The number of carbonyl (C=O) groups excluding carboxylic acids is 1. The minimum atomic E-state index is -0.354. The molecular weight excluding hydrogens is 148 g/mol. The molecule has 0 bridgehead atoms. The van der Waals surface area contributed by atoms with Crippen LogP contribution in [0.25, 0.3) is 0 Å². The predicted octanol–water partition coefficient (Wildman–Crippen LogP) is -1.09. The molecule has 0 aliphatic carbocycles. The van der Waals surface area contributed by atoms with Gasteiger partial charge in [0.15, 0.2) is 0 Å². The van der Waals surface area contributed by atoms with Crippen molar-refractivity contribution in [1.82, 2.24) is 9.97 Å². The van der Waals surface area contributed by atoms with Crippen molar-refractivity contribution in [2.75, 3.05) is 0 Å². The molecule has 0 fully saturated rings. The average molecular weight is 154 g/mol. The van der Waals surface area contributed by atoms with Crippen LogP contribution in [0.2, 0.25) is 0 Å². The molecule has 0 amide bonds. The van der Waals surface area contributed by atoms with Crippen LogP contribution in [0.5, 0.6) is 0 Å². The Morgan fingerprint density at radius 2 is 2.10 bits per heavy atom. The van der Waals surface area contributed by atoms with Gasteiger partial charge in [-0.05, 0) is 0 Å². The quantitative estimate of drug-likeness (QED) is 0.482. The van der Waals surface area contributed by atoms with E-state index in [1.807, 2.05) is 0 Å². The highest BCUT2D eigenvalue weighted by Crippen LogP contribution is 1.93. The third-order valence-corrected chi connectivity index (χ3v) is 1.35. The molecule has 0 saturated heterocycles. The molecule has 10 heavy (non-hydrogen) atoms. The van der Waals surface area contributed by atoms with Gasteiger partial charge in [0, 0.05) is 12.4 Å². The Morgan fingerprint density at radius 3 is 2.60 bits per heavy atom. The van der Waals surface area contributed by atoms with Crippen LogP contribution in [0, 0.1) is 0 Å². The molecule has 0 unspecified atom stereocenters. The van der Waals surface area contributed by atoms with E-state index in [1.165, 1.54) is 18.7 Å². The minimum absolute atomic E-state index is 0.354. The summed E-state index contributed by atoms with van der Waals surface area (Å²) in [6.07, 6.45) is 4.21. The molecule has 1 aromatic heterocycles. The van der Waals surface area contributed by atoms with Gasteiger partial charge in [0.05, 0.1) is 5.56 Å². The summed E-state index contributed by atoms with van der Waals surface area (Å²) in [6, 6.07) is 0. The van der Waals surface area contributed by atoms with Gasteiger partial charge in [-0.15, -0.1) is 0 Å². The fraction of sp³-hybridized carbons (Fsp3) is 0. The van der Waals surface area contributed by atoms with E-state index in [4.69, 9.17) is 0 Å². The van der Waals surface area contributed by atoms with Gasteiger partial charge in [-0.3, -0.25) is 0 Å². The molecule has 1 heterocycles. The van der Waals surface area contributed by atoms with E-state index in [0.29, 0.717) is 16.0 Å². The fourth-order valence-electron chi connectivity index (χ4n) is 0.522. The van der Waals surface area contributed by atoms with Gasteiger partial charge < -0.3 is 4.43 Å². The number of hydrogen-bond acceptors (Lipinski definition) is 4. The van der Waals surface area contributed by atoms with Crippen molar-refractivity contribution in [1.29, 1.82) is 0 Å². The lowest BCUT2D eigenvalue weighted by atomic mass is 10.4. The van der Waals surface area contributed by atoms with Crippen LogP contribution in [-0.2, 0) is 4.43 Å². The molecule has 5 heteroatoms. The molecular formula is C5H6N2O2Si. The summed E-state index contributed by atoms with van der Waals surface area (Å²) in [5.74, 6) is -0.354. The maximum absolute atomic E-state index is 10.7.